The Morgan fingerprint density at radius 3 is 2.52 bits per heavy atom. The quantitative estimate of drug-likeness (QED) is 0.355. The van der Waals surface area contributed by atoms with Gasteiger partial charge in [-0.05, 0) is 25.5 Å². The molecule has 0 heterocycles. The van der Waals surface area contributed by atoms with Crippen LogP contribution in [-0.2, 0) is 6.54 Å². The predicted octanol–water partition coefficient (Wildman–Crippen LogP) is 4.08. The van der Waals surface area contributed by atoms with Gasteiger partial charge in [-0.25, -0.2) is 4.99 Å². The lowest BCUT2D eigenvalue weighted by atomic mass is 10.2. The second-order valence-corrected chi connectivity index (χ2v) is 5.48. The maximum atomic E-state index is 12.7. The van der Waals surface area contributed by atoms with Crippen LogP contribution in [0.5, 0.6) is 11.5 Å². The van der Waals surface area contributed by atoms with Crippen molar-refractivity contribution in [1.29, 1.82) is 0 Å². The molecule has 0 aromatic heterocycles. The number of aliphatic imine (C=N–C) groups is 1. The first-order valence-corrected chi connectivity index (χ1v) is 8.54. The SMILES string of the molecule is CCCOc1ccc(CN=C(NCC)NCCC(F)(F)F)c(OC(F)F)c1. The van der Waals surface area contributed by atoms with E-state index in [1.54, 1.807) is 13.0 Å². The van der Waals surface area contributed by atoms with E-state index in [2.05, 4.69) is 20.4 Å². The molecule has 0 spiro atoms. The molecule has 0 aliphatic rings. The summed E-state index contributed by atoms with van der Waals surface area (Å²) in [6, 6.07) is 4.48. The summed E-state index contributed by atoms with van der Waals surface area (Å²) in [4.78, 5) is 4.12. The molecule has 0 fully saturated rings. The summed E-state index contributed by atoms with van der Waals surface area (Å²) in [5.74, 6) is 0.444. The Balaban J connectivity index is 2.86. The fraction of sp³-hybridized carbons (Fsp3) is 0.588. The van der Waals surface area contributed by atoms with E-state index in [-0.39, 0.29) is 24.8 Å². The molecule has 0 radical (unpaired) electrons. The number of ether oxygens (including phenoxy) is 2. The molecule has 154 valence electrons. The van der Waals surface area contributed by atoms with Crippen LogP contribution >= 0.6 is 0 Å². The fourth-order valence-electron chi connectivity index (χ4n) is 2.01. The van der Waals surface area contributed by atoms with Crippen LogP contribution in [0.2, 0.25) is 0 Å². The van der Waals surface area contributed by atoms with E-state index in [0.717, 1.165) is 6.42 Å². The largest absolute Gasteiger partial charge is 0.493 e. The number of halogens is 5. The normalized spacial score (nSPS) is 12.2. The van der Waals surface area contributed by atoms with Crippen LogP contribution in [0.15, 0.2) is 23.2 Å². The zero-order valence-corrected chi connectivity index (χ0v) is 15.2. The summed E-state index contributed by atoms with van der Waals surface area (Å²) in [6.07, 6.45) is -4.54. The van der Waals surface area contributed by atoms with Gasteiger partial charge in [-0.15, -0.1) is 0 Å². The molecule has 0 saturated carbocycles. The molecule has 0 saturated heterocycles. The fourth-order valence-corrected chi connectivity index (χ4v) is 2.01. The van der Waals surface area contributed by atoms with E-state index in [4.69, 9.17) is 4.74 Å². The average molecular weight is 397 g/mol. The highest BCUT2D eigenvalue weighted by molar-refractivity contribution is 5.79. The van der Waals surface area contributed by atoms with Gasteiger partial charge in [-0.3, -0.25) is 0 Å². The summed E-state index contributed by atoms with van der Waals surface area (Å²) in [5, 5.41) is 5.35. The number of nitrogens with one attached hydrogen (secondary N) is 2. The second-order valence-electron chi connectivity index (χ2n) is 5.48. The molecule has 2 N–H and O–H groups in total. The minimum Gasteiger partial charge on any atom is -0.493 e. The molecule has 5 nitrogen and oxygen atoms in total. The number of rotatable bonds is 10. The molecule has 27 heavy (non-hydrogen) atoms. The molecular weight excluding hydrogens is 373 g/mol. The number of benzene rings is 1. The Morgan fingerprint density at radius 2 is 1.93 bits per heavy atom. The third-order valence-corrected chi connectivity index (χ3v) is 3.18. The number of guanidine groups is 1. The van der Waals surface area contributed by atoms with Crippen molar-refractivity contribution in [2.24, 2.45) is 4.99 Å². The van der Waals surface area contributed by atoms with E-state index in [1.807, 2.05) is 6.92 Å². The Morgan fingerprint density at radius 1 is 1.19 bits per heavy atom. The Labute approximate surface area is 154 Å². The van der Waals surface area contributed by atoms with Crippen LogP contribution in [0.3, 0.4) is 0 Å². The minimum atomic E-state index is -4.28. The molecule has 1 rings (SSSR count). The first-order valence-electron chi connectivity index (χ1n) is 8.54. The molecule has 0 atom stereocenters. The summed E-state index contributed by atoms with van der Waals surface area (Å²) >= 11 is 0. The number of alkyl halides is 5. The van der Waals surface area contributed by atoms with Crippen LogP contribution in [0.25, 0.3) is 0 Å². The maximum absolute atomic E-state index is 12.7. The summed E-state index contributed by atoms with van der Waals surface area (Å²) in [6.45, 7) is 1.10. The highest BCUT2D eigenvalue weighted by Crippen LogP contribution is 2.27. The maximum Gasteiger partial charge on any atom is 0.390 e. The van der Waals surface area contributed by atoms with Crippen LogP contribution in [-0.4, -0.2) is 38.4 Å². The van der Waals surface area contributed by atoms with Crippen molar-refractivity contribution in [3.05, 3.63) is 23.8 Å². The van der Waals surface area contributed by atoms with Gasteiger partial charge in [0.1, 0.15) is 11.5 Å². The van der Waals surface area contributed by atoms with Gasteiger partial charge in [0, 0.05) is 24.7 Å². The molecule has 10 heteroatoms. The van der Waals surface area contributed by atoms with Crippen LogP contribution in [0.1, 0.15) is 32.3 Å². The highest BCUT2D eigenvalue weighted by Gasteiger charge is 2.26. The lowest BCUT2D eigenvalue weighted by molar-refractivity contribution is -0.132. The Hall–Kier alpha value is -2.26. The van der Waals surface area contributed by atoms with Gasteiger partial charge in [0.25, 0.3) is 0 Å². The topological polar surface area (TPSA) is 54.9 Å². The standard InChI is InChI=1S/C17H24F5N3O2/c1-3-9-26-13-6-5-12(14(10-13)27-15(18)19)11-25-16(23-4-2)24-8-7-17(20,21)22/h5-6,10,15H,3-4,7-9,11H2,1-2H3,(H2,23,24,25). The molecular formula is C17H24F5N3O2. The smallest absolute Gasteiger partial charge is 0.390 e. The van der Waals surface area contributed by atoms with Crippen molar-refractivity contribution in [3.8, 4) is 11.5 Å². The molecule has 1 aromatic rings. The molecule has 0 aliphatic carbocycles. The van der Waals surface area contributed by atoms with Gasteiger partial charge < -0.3 is 20.1 Å². The number of hydrogen-bond donors (Lipinski definition) is 2. The van der Waals surface area contributed by atoms with Gasteiger partial charge in [0.15, 0.2) is 5.96 Å². The van der Waals surface area contributed by atoms with E-state index in [1.165, 1.54) is 12.1 Å². The van der Waals surface area contributed by atoms with Gasteiger partial charge in [0.05, 0.1) is 19.6 Å². The molecule has 0 aliphatic heterocycles. The van der Waals surface area contributed by atoms with E-state index in [0.29, 0.717) is 24.5 Å². The molecule has 1 aromatic carbocycles. The summed E-state index contributed by atoms with van der Waals surface area (Å²) in [7, 11) is 0. The first kappa shape index (κ1) is 22.8. The van der Waals surface area contributed by atoms with E-state index in [9.17, 15) is 22.0 Å². The van der Waals surface area contributed by atoms with Gasteiger partial charge >= 0.3 is 12.8 Å². The summed E-state index contributed by atoms with van der Waals surface area (Å²) < 4.78 is 71.9. The lowest BCUT2D eigenvalue weighted by Crippen LogP contribution is -2.38. The third kappa shape index (κ3) is 9.86. The second kappa shape index (κ2) is 11.5. The highest BCUT2D eigenvalue weighted by atomic mass is 19.4. The van der Waals surface area contributed by atoms with Crippen LogP contribution < -0.4 is 20.1 Å². The van der Waals surface area contributed by atoms with Crippen molar-refractivity contribution < 1.29 is 31.4 Å². The number of hydrogen-bond acceptors (Lipinski definition) is 3. The zero-order valence-electron chi connectivity index (χ0n) is 15.2. The summed E-state index contributed by atoms with van der Waals surface area (Å²) in [5.41, 5.74) is 0.354. The van der Waals surface area contributed by atoms with Crippen molar-refractivity contribution >= 4 is 5.96 Å². The monoisotopic (exact) mass is 397 g/mol. The van der Waals surface area contributed by atoms with Crippen molar-refractivity contribution in [2.75, 3.05) is 19.7 Å². The molecule has 0 amide bonds. The van der Waals surface area contributed by atoms with Gasteiger partial charge in [0.2, 0.25) is 0 Å². The van der Waals surface area contributed by atoms with Crippen molar-refractivity contribution in [2.45, 2.75) is 46.0 Å². The van der Waals surface area contributed by atoms with E-state index >= 15 is 0 Å². The van der Waals surface area contributed by atoms with Gasteiger partial charge in [-0.1, -0.05) is 6.92 Å². The molecule has 0 bridgehead atoms. The molecule has 0 unspecified atom stereocenters. The Bertz CT molecular complexity index is 594. The average Bonchev–Trinajstić information content (AvgIpc) is 2.57. The van der Waals surface area contributed by atoms with Crippen LogP contribution in [0.4, 0.5) is 22.0 Å². The minimum absolute atomic E-state index is 0.0581. The van der Waals surface area contributed by atoms with Gasteiger partial charge in [-0.2, -0.15) is 22.0 Å². The van der Waals surface area contributed by atoms with Crippen molar-refractivity contribution in [1.82, 2.24) is 10.6 Å². The van der Waals surface area contributed by atoms with E-state index < -0.39 is 19.2 Å². The zero-order chi connectivity index (χ0) is 20.3. The van der Waals surface area contributed by atoms with Crippen molar-refractivity contribution in [3.63, 3.8) is 0 Å². The third-order valence-electron chi connectivity index (χ3n) is 3.18. The van der Waals surface area contributed by atoms with Crippen LogP contribution in [0, 0.1) is 0 Å². The number of nitrogens with zero attached hydrogens (tertiary/aromatic N) is 1. The Kier molecular flexibility index (Phi) is 9.66. The first-order chi connectivity index (χ1) is 12.7. The lowest BCUT2D eigenvalue weighted by Gasteiger charge is -2.14. The predicted molar refractivity (Wildman–Crippen MR) is 92.4 cm³/mol.